The topological polar surface area (TPSA) is 81.1 Å². The first-order chi connectivity index (χ1) is 6.25. The van der Waals surface area contributed by atoms with Crippen molar-refractivity contribution in [1.29, 1.82) is 0 Å². The molecule has 70 valence electrons. The van der Waals surface area contributed by atoms with Crippen molar-refractivity contribution in [3.05, 3.63) is 12.3 Å². The quantitative estimate of drug-likeness (QED) is 0.613. The molecular weight excluding hydrogens is 166 g/mol. The Labute approximate surface area is 76.8 Å². The minimum atomic E-state index is 0.260. The Morgan fingerprint density at radius 3 is 3.00 bits per heavy atom. The summed E-state index contributed by atoms with van der Waals surface area (Å²) in [7, 11) is 0. The van der Waals surface area contributed by atoms with E-state index >= 15 is 0 Å². The van der Waals surface area contributed by atoms with Crippen LogP contribution in [-0.4, -0.2) is 29.1 Å². The van der Waals surface area contributed by atoms with Crippen molar-refractivity contribution in [2.75, 3.05) is 23.7 Å². The molecule has 1 aromatic heterocycles. The lowest BCUT2D eigenvalue weighted by Crippen LogP contribution is -2.27. The molecule has 0 saturated carbocycles. The molecule has 1 atom stereocenters. The van der Waals surface area contributed by atoms with Crippen LogP contribution in [0.1, 0.15) is 6.42 Å². The minimum Gasteiger partial charge on any atom is -0.368 e. The van der Waals surface area contributed by atoms with Gasteiger partial charge >= 0.3 is 0 Å². The highest BCUT2D eigenvalue weighted by Crippen LogP contribution is 2.16. The van der Waals surface area contributed by atoms with Gasteiger partial charge in [0.15, 0.2) is 0 Å². The van der Waals surface area contributed by atoms with Crippen LogP contribution in [0.4, 0.5) is 11.8 Å². The molecule has 1 aliphatic heterocycles. The zero-order chi connectivity index (χ0) is 9.26. The predicted octanol–water partition coefficient (Wildman–Crippen LogP) is -0.404. The van der Waals surface area contributed by atoms with Gasteiger partial charge in [0, 0.05) is 25.3 Å². The fourth-order valence-corrected chi connectivity index (χ4v) is 1.54. The number of rotatable bonds is 1. The molecule has 2 rings (SSSR count). The third-order valence-corrected chi connectivity index (χ3v) is 2.21. The third-order valence-electron chi connectivity index (χ3n) is 2.21. The molecule has 4 N–H and O–H groups in total. The highest BCUT2D eigenvalue weighted by molar-refractivity contribution is 5.42. The van der Waals surface area contributed by atoms with Crippen molar-refractivity contribution in [1.82, 2.24) is 9.97 Å². The van der Waals surface area contributed by atoms with Crippen LogP contribution in [0.25, 0.3) is 0 Å². The van der Waals surface area contributed by atoms with Crippen LogP contribution < -0.4 is 16.4 Å². The van der Waals surface area contributed by atoms with E-state index in [0.29, 0.717) is 5.95 Å². The second-order valence-electron chi connectivity index (χ2n) is 3.27. The number of hydrogen-bond donors (Lipinski definition) is 2. The van der Waals surface area contributed by atoms with Crippen LogP contribution in [-0.2, 0) is 0 Å². The molecule has 0 radical (unpaired) electrons. The summed E-state index contributed by atoms with van der Waals surface area (Å²) in [6.07, 6.45) is 2.69. The minimum absolute atomic E-state index is 0.260. The molecule has 5 nitrogen and oxygen atoms in total. The van der Waals surface area contributed by atoms with Gasteiger partial charge < -0.3 is 16.4 Å². The van der Waals surface area contributed by atoms with Crippen LogP contribution >= 0.6 is 0 Å². The summed E-state index contributed by atoms with van der Waals surface area (Å²) in [5, 5.41) is 0. The first kappa shape index (κ1) is 8.25. The summed E-state index contributed by atoms with van der Waals surface area (Å²) in [6.45, 7) is 1.81. The van der Waals surface area contributed by atoms with Crippen molar-refractivity contribution in [3.8, 4) is 0 Å². The van der Waals surface area contributed by atoms with Crippen LogP contribution in [0.15, 0.2) is 12.3 Å². The molecule has 0 aliphatic carbocycles. The van der Waals surface area contributed by atoms with E-state index in [9.17, 15) is 0 Å². The van der Waals surface area contributed by atoms with Crippen LogP contribution in [0.3, 0.4) is 0 Å². The molecule has 0 aromatic carbocycles. The average Bonchev–Trinajstić information content (AvgIpc) is 2.52. The lowest BCUT2D eigenvalue weighted by atomic mass is 10.3. The Morgan fingerprint density at radius 2 is 2.38 bits per heavy atom. The maximum atomic E-state index is 5.78. The number of nitrogens with two attached hydrogens (primary N) is 2. The van der Waals surface area contributed by atoms with Crippen molar-refractivity contribution in [2.45, 2.75) is 12.5 Å². The van der Waals surface area contributed by atoms with Crippen LogP contribution in [0.5, 0.6) is 0 Å². The summed E-state index contributed by atoms with van der Waals surface area (Å²) in [6, 6.07) is 2.12. The molecule has 5 heteroatoms. The van der Waals surface area contributed by atoms with Gasteiger partial charge in [-0.2, -0.15) is 4.98 Å². The van der Waals surface area contributed by atoms with E-state index < -0.39 is 0 Å². The van der Waals surface area contributed by atoms with Gasteiger partial charge in [0.25, 0.3) is 0 Å². The molecule has 1 saturated heterocycles. The number of nitrogens with zero attached hydrogens (tertiary/aromatic N) is 3. The first-order valence-electron chi connectivity index (χ1n) is 4.35. The first-order valence-corrected chi connectivity index (χ1v) is 4.35. The molecule has 0 amide bonds. The van der Waals surface area contributed by atoms with Crippen molar-refractivity contribution in [3.63, 3.8) is 0 Å². The maximum absolute atomic E-state index is 5.78. The van der Waals surface area contributed by atoms with Crippen LogP contribution in [0, 0.1) is 0 Å². The Kier molecular flexibility index (Phi) is 2.02. The molecule has 1 fully saturated rings. The second kappa shape index (κ2) is 3.18. The van der Waals surface area contributed by atoms with Gasteiger partial charge in [-0.1, -0.05) is 0 Å². The summed E-state index contributed by atoms with van der Waals surface area (Å²) < 4.78 is 0. The lowest BCUT2D eigenvalue weighted by molar-refractivity contribution is 0.751. The standard InChI is InChI=1S/C8H13N5/c9-6-2-4-13(5-6)7-1-3-11-8(10)12-7/h1,3,6H,2,4-5,9H2,(H2,10,11,12)/t6-/m1/s1. The second-order valence-corrected chi connectivity index (χ2v) is 3.27. The Balaban J connectivity index is 2.16. The van der Waals surface area contributed by atoms with Gasteiger partial charge in [0.05, 0.1) is 0 Å². The van der Waals surface area contributed by atoms with E-state index in [4.69, 9.17) is 11.5 Å². The fraction of sp³-hybridized carbons (Fsp3) is 0.500. The number of hydrogen-bond acceptors (Lipinski definition) is 5. The number of nitrogen functional groups attached to an aromatic ring is 1. The summed E-state index contributed by atoms with van der Waals surface area (Å²) in [5.41, 5.74) is 11.3. The lowest BCUT2D eigenvalue weighted by Gasteiger charge is -2.16. The van der Waals surface area contributed by atoms with E-state index in [1.165, 1.54) is 0 Å². The fourth-order valence-electron chi connectivity index (χ4n) is 1.54. The SMILES string of the molecule is Nc1nccc(N2CC[C@@H](N)C2)n1. The van der Waals surface area contributed by atoms with Gasteiger partial charge in [-0.15, -0.1) is 0 Å². The smallest absolute Gasteiger partial charge is 0.221 e. The average molecular weight is 179 g/mol. The van der Waals surface area contributed by atoms with Crippen molar-refractivity contribution >= 4 is 11.8 Å². The summed E-state index contributed by atoms with van der Waals surface area (Å²) >= 11 is 0. The van der Waals surface area contributed by atoms with Gasteiger partial charge in [-0.05, 0) is 12.5 Å². The van der Waals surface area contributed by atoms with E-state index in [2.05, 4.69) is 14.9 Å². The van der Waals surface area contributed by atoms with Gasteiger partial charge in [0.1, 0.15) is 5.82 Å². The maximum Gasteiger partial charge on any atom is 0.221 e. The molecular formula is C8H13N5. The molecule has 2 heterocycles. The zero-order valence-corrected chi connectivity index (χ0v) is 7.35. The Hall–Kier alpha value is -1.36. The number of anilines is 2. The highest BCUT2D eigenvalue weighted by atomic mass is 15.2. The van der Waals surface area contributed by atoms with Gasteiger partial charge in [-0.3, -0.25) is 0 Å². The molecule has 1 aromatic rings. The van der Waals surface area contributed by atoms with Gasteiger partial charge in [-0.25, -0.2) is 4.98 Å². The van der Waals surface area contributed by atoms with Gasteiger partial charge in [0.2, 0.25) is 5.95 Å². The van der Waals surface area contributed by atoms with Crippen molar-refractivity contribution < 1.29 is 0 Å². The van der Waals surface area contributed by atoms with E-state index in [1.54, 1.807) is 6.20 Å². The largest absolute Gasteiger partial charge is 0.368 e. The third kappa shape index (κ3) is 1.70. The van der Waals surface area contributed by atoms with E-state index in [1.807, 2.05) is 6.07 Å². The van der Waals surface area contributed by atoms with E-state index in [-0.39, 0.29) is 6.04 Å². The number of aromatic nitrogens is 2. The molecule has 0 spiro atoms. The monoisotopic (exact) mass is 179 g/mol. The molecule has 13 heavy (non-hydrogen) atoms. The Morgan fingerprint density at radius 1 is 1.54 bits per heavy atom. The predicted molar refractivity (Wildman–Crippen MR) is 51.2 cm³/mol. The van der Waals surface area contributed by atoms with Crippen LogP contribution in [0.2, 0.25) is 0 Å². The normalized spacial score (nSPS) is 22.2. The summed E-state index contributed by atoms with van der Waals surface area (Å²) in [4.78, 5) is 10.1. The summed E-state index contributed by atoms with van der Waals surface area (Å²) in [5.74, 6) is 1.19. The molecule has 0 bridgehead atoms. The highest BCUT2D eigenvalue weighted by Gasteiger charge is 2.20. The van der Waals surface area contributed by atoms with E-state index in [0.717, 1.165) is 25.3 Å². The Bertz CT molecular complexity index is 300. The molecule has 0 unspecified atom stereocenters. The van der Waals surface area contributed by atoms with Crippen molar-refractivity contribution in [2.24, 2.45) is 5.73 Å². The zero-order valence-electron chi connectivity index (χ0n) is 7.35. The molecule has 1 aliphatic rings.